The van der Waals surface area contributed by atoms with Gasteiger partial charge in [-0.2, -0.15) is 5.10 Å². The van der Waals surface area contributed by atoms with E-state index in [1.807, 2.05) is 13.0 Å². The van der Waals surface area contributed by atoms with Gasteiger partial charge in [0, 0.05) is 24.6 Å². The quantitative estimate of drug-likeness (QED) is 0.783. The van der Waals surface area contributed by atoms with Crippen LogP contribution in [0.25, 0.3) is 0 Å². The second-order valence-electron chi connectivity index (χ2n) is 4.35. The van der Waals surface area contributed by atoms with Crippen LogP contribution in [0.2, 0.25) is 0 Å². The molecule has 0 aromatic carbocycles. The maximum absolute atomic E-state index is 4.43. The van der Waals surface area contributed by atoms with Crippen LogP contribution in [0.15, 0.2) is 24.5 Å². The van der Waals surface area contributed by atoms with Gasteiger partial charge in [0.1, 0.15) is 5.82 Å². The van der Waals surface area contributed by atoms with Crippen LogP contribution in [0, 0.1) is 13.8 Å². The zero-order valence-electron chi connectivity index (χ0n) is 10.9. The van der Waals surface area contributed by atoms with Crippen molar-refractivity contribution in [2.45, 2.75) is 33.4 Å². The van der Waals surface area contributed by atoms with Gasteiger partial charge in [-0.25, -0.2) is 9.97 Å². The van der Waals surface area contributed by atoms with Crippen molar-refractivity contribution >= 4 is 0 Å². The molecule has 18 heavy (non-hydrogen) atoms. The summed E-state index contributed by atoms with van der Waals surface area (Å²) < 4.78 is 2.05. The molecule has 0 aliphatic carbocycles. The van der Waals surface area contributed by atoms with E-state index in [-0.39, 0.29) is 0 Å². The minimum Gasteiger partial charge on any atom is -0.310 e. The third kappa shape index (κ3) is 3.63. The molecule has 5 heteroatoms. The molecule has 96 valence electrons. The molecular weight excluding hydrogens is 226 g/mol. The average molecular weight is 245 g/mol. The Hall–Kier alpha value is -1.75. The number of nitrogens with one attached hydrogen (secondary N) is 1. The summed E-state index contributed by atoms with van der Waals surface area (Å²) in [4.78, 5) is 8.32. The topological polar surface area (TPSA) is 55.6 Å². The molecule has 0 amide bonds. The van der Waals surface area contributed by atoms with E-state index in [1.165, 1.54) is 5.69 Å². The summed E-state index contributed by atoms with van der Waals surface area (Å²) in [6.07, 6.45) is 4.58. The highest BCUT2D eigenvalue weighted by Crippen LogP contribution is 2.02. The monoisotopic (exact) mass is 245 g/mol. The SMILES string of the molecule is Cc1cc(C)n(CCCNCc2ncccn2)n1. The van der Waals surface area contributed by atoms with Crippen molar-refractivity contribution in [3.05, 3.63) is 41.7 Å². The Labute approximate surface area is 107 Å². The second kappa shape index (κ2) is 6.26. The summed E-state index contributed by atoms with van der Waals surface area (Å²) in [5.41, 5.74) is 2.30. The first-order valence-corrected chi connectivity index (χ1v) is 6.23. The predicted molar refractivity (Wildman–Crippen MR) is 70.1 cm³/mol. The van der Waals surface area contributed by atoms with E-state index in [1.54, 1.807) is 12.4 Å². The molecule has 5 nitrogen and oxygen atoms in total. The molecule has 0 bridgehead atoms. The Morgan fingerprint density at radius 1 is 1.22 bits per heavy atom. The summed E-state index contributed by atoms with van der Waals surface area (Å²) in [6, 6.07) is 3.93. The van der Waals surface area contributed by atoms with Gasteiger partial charge < -0.3 is 5.32 Å². The van der Waals surface area contributed by atoms with E-state index in [0.29, 0.717) is 0 Å². The second-order valence-corrected chi connectivity index (χ2v) is 4.35. The van der Waals surface area contributed by atoms with Crippen molar-refractivity contribution in [3.8, 4) is 0 Å². The Morgan fingerprint density at radius 3 is 2.67 bits per heavy atom. The number of aromatic nitrogens is 4. The Kier molecular flexibility index (Phi) is 4.41. The van der Waals surface area contributed by atoms with E-state index < -0.39 is 0 Å². The fourth-order valence-electron chi connectivity index (χ4n) is 1.88. The lowest BCUT2D eigenvalue weighted by molar-refractivity contribution is 0.528. The Bertz CT molecular complexity index is 477. The first-order valence-electron chi connectivity index (χ1n) is 6.23. The summed E-state index contributed by atoms with van der Waals surface area (Å²) in [7, 11) is 0. The van der Waals surface area contributed by atoms with E-state index >= 15 is 0 Å². The highest BCUT2D eigenvalue weighted by atomic mass is 15.3. The van der Waals surface area contributed by atoms with Gasteiger partial charge in [-0.15, -0.1) is 0 Å². The van der Waals surface area contributed by atoms with Gasteiger partial charge in [0.25, 0.3) is 0 Å². The van der Waals surface area contributed by atoms with Gasteiger partial charge in [0.05, 0.1) is 12.2 Å². The van der Waals surface area contributed by atoms with Gasteiger partial charge in [-0.05, 0) is 38.9 Å². The highest BCUT2D eigenvalue weighted by molar-refractivity contribution is 5.06. The standard InChI is InChI=1S/C13H19N5/c1-11-9-12(2)18(17-11)8-4-5-14-10-13-15-6-3-7-16-13/h3,6-7,9,14H,4-5,8,10H2,1-2H3. The van der Waals surface area contributed by atoms with Gasteiger partial charge in [0.15, 0.2) is 0 Å². The third-order valence-electron chi connectivity index (χ3n) is 2.73. The van der Waals surface area contributed by atoms with Crippen LogP contribution in [0.3, 0.4) is 0 Å². The largest absolute Gasteiger partial charge is 0.310 e. The number of nitrogens with zero attached hydrogens (tertiary/aromatic N) is 4. The number of aryl methyl sites for hydroxylation is 3. The molecule has 0 saturated heterocycles. The van der Waals surface area contributed by atoms with E-state index in [0.717, 1.165) is 37.6 Å². The van der Waals surface area contributed by atoms with Gasteiger partial charge in [-0.1, -0.05) is 0 Å². The van der Waals surface area contributed by atoms with Crippen LogP contribution in [-0.2, 0) is 13.1 Å². The molecule has 0 aliphatic heterocycles. The van der Waals surface area contributed by atoms with E-state index in [2.05, 4.69) is 38.1 Å². The molecule has 0 fully saturated rings. The minimum atomic E-state index is 0.720. The maximum Gasteiger partial charge on any atom is 0.141 e. The summed E-state index contributed by atoms with van der Waals surface area (Å²) >= 11 is 0. The van der Waals surface area contributed by atoms with Crippen molar-refractivity contribution in [1.29, 1.82) is 0 Å². The zero-order chi connectivity index (χ0) is 12.8. The van der Waals surface area contributed by atoms with Crippen molar-refractivity contribution in [2.24, 2.45) is 0 Å². The predicted octanol–water partition coefficient (Wildman–Crippen LogP) is 1.47. The lowest BCUT2D eigenvalue weighted by Crippen LogP contribution is -2.18. The maximum atomic E-state index is 4.43. The average Bonchev–Trinajstić information content (AvgIpc) is 2.69. The van der Waals surface area contributed by atoms with Crippen molar-refractivity contribution in [1.82, 2.24) is 25.1 Å². The van der Waals surface area contributed by atoms with Crippen molar-refractivity contribution in [2.75, 3.05) is 6.54 Å². The van der Waals surface area contributed by atoms with Gasteiger partial charge >= 0.3 is 0 Å². The molecule has 0 aliphatic rings. The van der Waals surface area contributed by atoms with Crippen molar-refractivity contribution in [3.63, 3.8) is 0 Å². The lowest BCUT2D eigenvalue weighted by atomic mass is 10.4. The van der Waals surface area contributed by atoms with Crippen LogP contribution < -0.4 is 5.32 Å². The van der Waals surface area contributed by atoms with Crippen LogP contribution >= 0.6 is 0 Å². The number of rotatable bonds is 6. The number of hydrogen-bond donors (Lipinski definition) is 1. The van der Waals surface area contributed by atoms with Gasteiger partial charge in [-0.3, -0.25) is 4.68 Å². The number of hydrogen-bond acceptors (Lipinski definition) is 4. The summed E-state index contributed by atoms with van der Waals surface area (Å²) in [5, 5.41) is 7.76. The highest BCUT2D eigenvalue weighted by Gasteiger charge is 2.00. The summed E-state index contributed by atoms with van der Waals surface area (Å²) in [6.45, 7) is 6.72. The first-order chi connectivity index (χ1) is 8.75. The zero-order valence-corrected chi connectivity index (χ0v) is 10.9. The van der Waals surface area contributed by atoms with Crippen LogP contribution in [-0.4, -0.2) is 26.3 Å². The molecule has 1 N–H and O–H groups in total. The van der Waals surface area contributed by atoms with Crippen molar-refractivity contribution < 1.29 is 0 Å². The molecular formula is C13H19N5. The van der Waals surface area contributed by atoms with E-state index in [9.17, 15) is 0 Å². The Balaban J connectivity index is 1.66. The Morgan fingerprint density at radius 2 is 2.00 bits per heavy atom. The molecule has 0 radical (unpaired) electrons. The molecule has 2 aromatic heterocycles. The van der Waals surface area contributed by atoms with Crippen LogP contribution in [0.1, 0.15) is 23.6 Å². The molecule has 0 atom stereocenters. The molecule has 2 aromatic rings. The molecule has 2 heterocycles. The molecule has 2 rings (SSSR count). The molecule has 0 unspecified atom stereocenters. The minimum absolute atomic E-state index is 0.720. The smallest absolute Gasteiger partial charge is 0.141 e. The first kappa shape index (κ1) is 12.7. The summed E-state index contributed by atoms with van der Waals surface area (Å²) in [5.74, 6) is 0.837. The molecule has 0 spiro atoms. The third-order valence-corrected chi connectivity index (χ3v) is 2.73. The lowest BCUT2D eigenvalue weighted by Gasteiger charge is -2.05. The fourth-order valence-corrected chi connectivity index (χ4v) is 1.88. The van der Waals surface area contributed by atoms with Crippen LogP contribution in [0.5, 0.6) is 0 Å². The van der Waals surface area contributed by atoms with E-state index in [4.69, 9.17) is 0 Å². The molecule has 0 saturated carbocycles. The van der Waals surface area contributed by atoms with Crippen LogP contribution in [0.4, 0.5) is 0 Å². The fraction of sp³-hybridized carbons (Fsp3) is 0.462. The normalized spacial score (nSPS) is 10.8. The van der Waals surface area contributed by atoms with Gasteiger partial charge in [0.2, 0.25) is 0 Å².